The van der Waals surface area contributed by atoms with Crippen LogP contribution >= 0.6 is 0 Å². The van der Waals surface area contributed by atoms with Crippen LogP contribution in [0.2, 0.25) is 0 Å². The van der Waals surface area contributed by atoms with E-state index in [1.807, 2.05) is 6.07 Å². The summed E-state index contributed by atoms with van der Waals surface area (Å²) in [7, 11) is 0. The quantitative estimate of drug-likeness (QED) is 0.659. The van der Waals surface area contributed by atoms with Gasteiger partial charge in [-0.3, -0.25) is 0 Å². The highest BCUT2D eigenvalue weighted by Crippen LogP contribution is 2.27. The standard InChI is InChI=1S/C12H13FN2/c1-12(2,3)11-8-5-4-6-9(13)10(8)14-7-15-11/h4-7H,1-3H3. The Labute approximate surface area is 88.2 Å². The number of rotatable bonds is 0. The number of fused-ring (bicyclic) bond motifs is 1. The highest BCUT2D eigenvalue weighted by Gasteiger charge is 2.19. The highest BCUT2D eigenvalue weighted by molar-refractivity contribution is 5.81. The SMILES string of the molecule is CC(C)(C)c1ncnc2c(F)cccc12. The predicted octanol–water partition coefficient (Wildman–Crippen LogP) is 3.07. The van der Waals surface area contributed by atoms with Crippen molar-refractivity contribution >= 4 is 10.9 Å². The fourth-order valence-electron chi connectivity index (χ4n) is 1.65. The lowest BCUT2D eigenvalue weighted by Gasteiger charge is -2.19. The van der Waals surface area contributed by atoms with Gasteiger partial charge in [0.2, 0.25) is 0 Å². The van der Waals surface area contributed by atoms with Crippen molar-refractivity contribution in [2.45, 2.75) is 26.2 Å². The molecule has 1 aromatic carbocycles. The second kappa shape index (κ2) is 3.26. The lowest BCUT2D eigenvalue weighted by molar-refractivity contribution is 0.572. The summed E-state index contributed by atoms with van der Waals surface area (Å²) in [5.74, 6) is -0.291. The molecule has 0 saturated carbocycles. The zero-order valence-electron chi connectivity index (χ0n) is 9.08. The van der Waals surface area contributed by atoms with Crippen LogP contribution in [0.5, 0.6) is 0 Å². The number of hydrogen-bond donors (Lipinski definition) is 0. The molecule has 15 heavy (non-hydrogen) atoms. The Morgan fingerprint density at radius 1 is 1.13 bits per heavy atom. The first kappa shape index (κ1) is 10.0. The summed E-state index contributed by atoms with van der Waals surface area (Å²) >= 11 is 0. The van der Waals surface area contributed by atoms with Gasteiger partial charge in [-0.2, -0.15) is 0 Å². The number of aromatic nitrogens is 2. The summed E-state index contributed by atoms with van der Waals surface area (Å²) in [4.78, 5) is 8.21. The van der Waals surface area contributed by atoms with Crippen molar-refractivity contribution in [3.05, 3.63) is 36.0 Å². The van der Waals surface area contributed by atoms with Gasteiger partial charge in [-0.15, -0.1) is 0 Å². The van der Waals surface area contributed by atoms with Gasteiger partial charge in [-0.1, -0.05) is 32.9 Å². The Balaban J connectivity index is 2.83. The van der Waals surface area contributed by atoms with E-state index in [2.05, 4.69) is 30.7 Å². The van der Waals surface area contributed by atoms with E-state index in [-0.39, 0.29) is 11.2 Å². The normalized spacial score (nSPS) is 12.0. The molecule has 0 aliphatic carbocycles. The molecule has 78 valence electrons. The zero-order valence-corrected chi connectivity index (χ0v) is 9.08. The van der Waals surface area contributed by atoms with Crippen LogP contribution in [0.25, 0.3) is 10.9 Å². The van der Waals surface area contributed by atoms with Crippen molar-refractivity contribution in [1.82, 2.24) is 9.97 Å². The van der Waals surface area contributed by atoms with E-state index in [0.29, 0.717) is 5.52 Å². The Bertz CT molecular complexity index is 500. The maximum Gasteiger partial charge on any atom is 0.149 e. The Hall–Kier alpha value is -1.51. The van der Waals surface area contributed by atoms with Gasteiger partial charge in [0.25, 0.3) is 0 Å². The van der Waals surface area contributed by atoms with Crippen LogP contribution in [0, 0.1) is 5.82 Å². The fourth-order valence-corrected chi connectivity index (χ4v) is 1.65. The Morgan fingerprint density at radius 3 is 2.53 bits per heavy atom. The summed E-state index contributed by atoms with van der Waals surface area (Å²) in [5, 5.41) is 0.796. The monoisotopic (exact) mass is 204 g/mol. The second-order valence-electron chi connectivity index (χ2n) is 4.61. The average Bonchev–Trinajstić information content (AvgIpc) is 2.16. The molecule has 0 spiro atoms. The maximum atomic E-state index is 13.5. The fraction of sp³-hybridized carbons (Fsp3) is 0.333. The number of hydrogen-bond acceptors (Lipinski definition) is 2. The summed E-state index contributed by atoms with van der Waals surface area (Å²) in [6, 6.07) is 4.97. The predicted molar refractivity (Wildman–Crippen MR) is 58.2 cm³/mol. The molecule has 0 atom stereocenters. The zero-order chi connectivity index (χ0) is 11.1. The molecule has 0 amide bonds. The van der Waals surface area contributed by atoms with Gasteiger partial charge in [-0.25, -0.2) is 14.4 Å². The van der Waals surface area contributed by atoms with Crippen molar-refractivity contribution in [3.63, 3.8) is 0 Å². The van der Waals surface area contributed by atoms with E-state index in [0.717, 1.165) is 11.1 Å². The van der Waals surface area contributed by atoms with E-state index in [4.69, 9.17) is 0 Å². The third-order valence-electron chi connectivity index (χ3n) is 2.33. The number of halogens is 1. The molecule has 2 aromatic rings. The average molecular weight is 204 g/mol. The number of benzene rings is 1. The summed E-state index contributed by atoms with van der Waals surface area (Å²) in [6.07, 6.45) is 1.42. The lowest BCUT2D eigenvalue weighted by atomic mass is 9.89. The van der Waals surface area contributed by atoms with Crippen LogP contribution in [0.15, 0.2) is 24.5 Å². The summed E-state index contributed by atoms with van der Waals surface area (Å²) < 4.78 is 13.5. The molecule has 2 rings (SSSR count). The molecule has 3 heteroatoms. The summed E-state index contributed by atoms with van der Waals surface area (Å²) in [5.41, 5.74) is 1.18. The van der Waals surface area contributed by atoms with Gasteiger partial charge >= 0.3 is 0 Å². The molecular weight excluding hydrogens is 191 g/mol. The van der Waals surface area contributed by atoms with Crippen molar-refractivity contribution in [2.24, 2.45) is 0 Å². The van der Waals surface area contributed by atoms with Gasteiger partial charge in [-0.05, 0) is 6.07 Å². The van der Waals surface area contributed by atoms with Gasteiger partial charge < -0.3 is 0 Å². The van der Waals surface area contributed by atoms with Crippen molar-refractivity contribution < 1.29 is 4.39 Å². The van der Waals surface area contributed by atoms with Gasteiger partial charge in [0.1, 0.15) is 17.7 Å². The molecule has 0 fully saturated rings. The number of nitrogens with zero attached hydrogens (tertiary/aromatic N) is 2. The minimum atomic E-state index is -0.291. The third-order valence-corrected chi connectivity index (χ3v) is 2.33. The lowest BCUT2D eigenvalue weighted by Crippen LogP contribution is -2.14. The molecule has 1 heterocycles. The highest BCUT2D eigenvalue weighted by atomic mass is 19.1. The van der Waals surface area contributed by atoms with Gasteiger partial charge in [0.05, 0.1) is 5.69 Å². The first-order valence-corrected chi connectivity index (χ1v) is 4.90. The van der Waals surface area contributed by atoms with Crippen LogP contribution in [0.4, 0.5) is 4.39 Å². The van der Waals surface area contributed by atoms with Crippen LogP contribution in [0.1, 0.15) is 26.5 Å². The molecule has 2 nitrogen and oxygen atoms in total. The largest absolute Gasteiger partial charge is 0.240 e. The van der Waals surface area contributed by atoms with E-state index in [1.165, 1.54) is 12.4 Å². The third kappa shape index (κ3) is 1.69. The van der Waals surface area contributed by atoms with Crippen LogP contribution in [0.3, 0.4) is 0 Å². The maximum absolute atomic E-state index is 13.5. The van der Waals surface area contributed by atoms with E-state index >= 15 is 0 Å². The second-order valence-corrected chi connectivity index (χ2v) is 4.61. The van der Waals surface area contributed by atoms with E-state index < -0.39 is 0 Å². The Kier molecular flexibility index (Phi) is 2.18. The molecule has 0 saturated heterocycles. The first-order valence-electron chi connectivity index (χ1n) is 4.90. The molecular formula is C12H13FN2. The minimum absolute atomic E-state index is 0.102. The number of para-hydroxylation sites is 1. The van der Waals surface area contributed by atoms with Crippen LogP contribution in [-0.4, -0.2) is 9.97 Å². The Morgan fingerprint density at radius 2 is 1.87 bits per heavy atom. The van der Waals surface area contributed by atoms with E-state index in [9.17, 15) is 4.39 Å². The van der Waals surface area contributed by atoms with Crippen LogP contribution in [-0.2, 0) is 5.41 Å². The molecule has 0 aliphatic heterocycles. The van der Waals surface area contributed by atoms with Gasteiger partial charge in [0, 0.05) is 10.8 Å². The van der Waals surface area contributed by atoms with Crippen LogP contribution < -0.4 is 0 Å². The van der Waals surface area contributed by atoms with Gasteiger partial charge in [0.15, 0.2) is 0 Å². The molecule has 0 radical (unpaired) electrons. The van der Waals surface area contributed by atoms with Crippen molar-refractivity contribution in [3.8, 4) is 0 Å². The molecule has 0 aliphatic rings. The molecule has 0 unspecified atom stereocenters. The molecule has 0 N–H and O–H groups in total. The molecule has 0 bridgehead atoms. The topological polar surface area (TPSA) is 25.8 Å². The van der Waals surface area contributed by atoms with E-state index in [1.54, 1.807) is 6.07 Å². The van der Waals surface area contributed by atoms with Crippen molar-refractivity contribution in [2.75, 3.05) is 0 Å². The minimum Gasteiger partial charge on any atom is -0.240 e. The first-order chi connectivity index (χ1) is 7.00. The molecule has 1 aromatic heterocycles. The van der Waals surface area contributed by atoms with Crippen molar-refractivity contribution in [1.29, 1.82) is 0 Å². The summed E-state index contributed by atoms with van der Waals surface area (Å²) in [6.45, 7) is 6.17. The smallest absolute Gasteiger partial charge is 0.149 e.